The summed E-state index contributed by atoms with van der Waals surface area (Å²) in [5.74, 6) is 0.605. The molecule has 8 heteroatoms. The molecule has 0 aliphatic carbocycles. The van der Waals surface area contributed by atoms with Gasteiger partial charge in [-0.3, -0.25) is 9.31 Å². The number of H-pyrrole nitrogens is 1. The van der Waals surface area contributed by atoms with Gasteiger partial charge >= 0.3 is 0 Å². The predicted molar refractivity (Wildman–Crippen MR) is 115 cm³/mol. The van der Waals surface area contributed by atoms with Crippen LogP contribution in [-0.2, 0) is 10.8 Å². The van der Waals surface area contributed by atoms with E-state index in [0.29, 0.717) is 5.96 Å². The van der Waals surface area contributed by atoms with Crippen LogP contribution in [0, 0.1) is 6.92 Å². The lowest BCUT2D eigenvalue weighted by molar-refractivity contribution is 0.658. The Hall–Kier alpha value is -3.13. The molecule has 7 nitrogen and oxygen atoms in total. The van der Waals surface area contributed by atoms with Gasteiger partial charge in [-0.2, -0.15) is 5.10 Å². The second-order valence-corrected chi connectivity index (χ2v) is 8.28. The van der Waals surface area contributed by atoms with E-state index in [-0.39, 0.29) is 0 Å². The Morgan fingerprint density at radius 2 is 2.00 bits per heavy atom. The van der Waals surface area contributed by atoms with Crippen LogP contribution in [0.1, 0.15) is 12.6 Å². The van der Waals surface area contributed by atoms with Crippen molar-refractivity contribution in [3.63, 3.8) is 0 Å². The highest BCUT2D eigenvalue weighted by Gasteiger charge is 2.23. The lowest BCUT2D eigenvalue weighted by Gasteiger charge is -2.29. The molecule has 0 spiro atoms. The first-order valence-electron chi connectivity index (χ1n) is 8.89. The minimum Gasteiger partial charge on any atom is -0.358 e. The molecule has 0 saturated heterocycles. The number of fused-ring (bicyclic) bond motifs is 1. The van der Waals surface area contributed by atoms with E-state index in [1.54, 1.807) is 6.26 Å². The summed E-state index contributed by atoms with van der Waals surface area (Å²) >= 11 is 0. The number of benzene rings is 2. The van der Waals surface area contributed by atoms with Crippen LogP contribution < -0.4 is 16.0 Å². The summed E-state index contributed by atoms with van der Waals surface area (Å²) < 4.78 is 11.7. The normalized spacial score (nSPS) is 19.8. The number of hydrogen-bond acceptors (Lipinski definition) is 6. The Morgan fingerprint density at radius 1 is 1.14 bits per heavy atom. The van der Waals surface area contributed by atoms with Crippen LogP contribution in [0.3, 0.4) is 0 Å². The molecule has 28 heavy (non-hydrogen) atoms. The molecule has 2 unspecified atom stereocenters. The molecule has 1 aliphatic rings. The van der Waals surface area contributed by atoms with Crippen LogP contribution in [-0.4, -0.2) is 32.3 Å². The van der Waals surface area contributed by atoms with E-state index in [9.17, 15) is 4.21 Å². The maximum atomic E-state index is 11.7. The predicted octanol–water partition coefficient (Wildman–Crippen LogP) is 3.32. The number of rotatable bonds is 4. The highest BCUT2D eigenvalue weighted by Crippen LogP contribution is 2.24. The molecule has 0 amide bonds. The minimum atomic E-state index is -1.03. The summed E-state index contributed by atoms with van der Waals surface area (Å²) in [6.07, 6.45) is 5.47. The molecule has 4 N–H and O–H groups in total. The number of anilines is 2. The lowest BCUT2D eigenvalue weighted by Crippen LogP contribution is -2.40. The van der Waals surface area contributed by atoms with Gasteiger partial charge in [0.05, 0.1) is 5.52 Å². The molecule has 0 radical (unpaired) electrons. The number of aliphatic imine (C=N–C) groups is 1. The summed E-state index contributed by atoms with van der Waals surface area (Å²) in [5.41, 5.74) is 3.09. The van der Waals surface area contributed by atoms with Crippen LogP contribution in [0.15, 0.2) is 64.6 Å². The van der Waals surface area contributed by atoms with Gasteiger partial charge in [-0.05, 0) is 56.3 Å². The maximum absolute atomic E-state index is 11.7. The number of aryl methyl sites for hydroxylation is 1. The molecule has 0 saturated carbocycles. The van der Waals surface area contributed by atoms with Crippen LogP contribution in [0.25, 0.3) is 10.9 Å². The van der Waals surface area contributed by atoms with Gasteiger partial charge in [-0.25, -0.2) is 4.99 Å². The molecule has 1 aliphatic heterocycles. The van der Waals surface area contributed by atoms with Crippen molar-refractivity contribution in [3.05, 3.63) is 60.4 Å². The molecule has 0 fully saturated rings. The van der Waals surface area contributed by atoms with Crippen molar-refractivity contribution in [1.82, 2.24) is 15.5 Å². The SMILES string of the molecule is Cc1[nH]nc2cc(NC3(C)C=CNC(Nc4cccc(S(C)=O)c4)=N3)ccc12. The molecule has 144 valence electrons. The van der Waals surface area contributed by atoms with E-state index in [1.807, 2.05) is 68.6 Å². The van der Waals surface area contributed by atoms with Crippen molar-refractivity contribution < 1.29 is 4.21 Å². The summed E-state index contributed by atoms with van der Waals surface area (Å²) in [5, 5.41) is 18.2. The maximum Gasteiger partial charge on any atom is 0.202 e. The third-order valence-corrected chi connectivity index (χ3v) is 5.46. The zero-order chi connectivity index (χ0) is 19.7. The largest absolute Gasteiger partial charge is 0.358 e. The van der Waals surface area contributed by atoms with Crippen molar-refractivity contribution in [2.75, 3.05) is 16.9 Å². The molecule has 2 heterocycles. The van der Waals surface area contributed by atoms with Gasteiger partial charge in [-0.15, -0.1) is 0 Å². The third kappa shape index (κ3) is 3.77. The van der Waals surface area contributed by atoms with E-state index in [1.165, 1.54) is 0 Å². The quantitative estimate of drug-likeness (QED) is 0.545. The van der Waals surface area contributed by atoms with Crippen molar-refractivity contribution in [3.8, 4) is 0 Å². The Morgan fingerprint density at radius 3 is 2.82 bits per heavy atom. The van der Waals surface area contributed by atoms with Gasteiger partial charge in [0, 0.05) is 50.6 Å². The highest BCUT2D eigenvalue weighted by atomic mass is 32.2. The second-order valence-electron chi connectivity index (χ2n) is 6.90. The second kappa shape index (κ2) is 7.12. The zero-order valence-corrected chi connectivity index (χ0v) is 16.7. The standard InChI is InChI=1S/C20H22N6OS/c1-13-17-8-7-15(12-18(17)26-25-13)23-20(2)9-10-21-19(24-20)22-14-5-4-6-16(11-14)28(3)27/h4-12,23H,1-3H3,(H,25,26)(H2,21,22,24). The van der Waals surface area contributed by atoms with E-state index < -0.39 is 16.5 Å². The topological polar surface area (TPSA) is 94.2 Å². The molecule has 2 atom stereocenters. The van der Waals surface area contributed by atoms with E-state index in [4.69, 9.17) is 4.99 Å². The van der Waals surface area contributed by atoms with E-state index in [0.717, 1.165) is 32.9 Å². The molecule has 4 rings (SSSR count). The number of aromatic nitrogens is 2. The summed E-state index contributed by atoms with van der Waals surface area (Å²) in [7, 11) is -1.03. The van der Waals surface area contributed by atoms with Crippen LogP contribution in [0.5, 0.6) is 0 Å². The monoisotopic (exact) mass is 394 g/mol. The smallest absolute Gasteiger partial charge is 0.202 e. The van der Waals surface area contributed by atoms with Crippen LogP contribution >= 0.6 is 0 Å². The van der Waals surface area contributed by atoms with Gasteiger partial charge < -0.3 is 16.0 Å². The minimum absolute atomic E-state index is 0.605. The fraction of sp³-hybridized carbons (Fsp3) is 0.200. The number of guanidine groups is 1. The Balaban J connectivity index is 1.55. The lowest BCUT2D eigenvalue weighted by atomic mass is 10.1. The third-order valence-electron chi connectivity index (χ3n) is 4.54. The van der Waals surface area contributed by atoms with Gasteiger partial charge in [0.2, 0.25) is 5.96 Å². The van der Waals surface area contributed by atoms with Gasteiger partial charge in [0.15, 0.2) is 5.66 Å². The first kappa shape index (κ1) is 18.2. The number of nitrogens with zero attached hydrogens (tertiary/aromatic N) is 2. The van der Waals surface area contributed by atoms with Crippen molar-refractivity contribution in [1.29, 1.82) is 0 Å². The first-order chi connectivity index (χ1) is 13.4. The molecular weight excluding hydrogens is 372 g/mol. The Bertz CT molecular complexity index is 1120. The molecule has 3 aromatic rings. The molecule has 1 aromatic heterocycles. The first-order valence-corrected chi connectivity index (χ1v) is 10.5. The summed E-state index contributed by atoms with van der Waals surface area (Å²) in [6, 6.07) is 13.6. The van der Waals surface area contributed by atoms with Crippen molar-refractivity contribution in [2.45, 2.75) is 24.4 Å². The number of hydrogen-bond donors (Lipinski definition) is 4. The van der Waals surface area contributed by atoms with E-state index >= 15 is 0 Å². The summed E-state index contributed by atoms with van der Waals surface area (Å²) in [6.45, 7) is 3.99. The molecule has 0 bridgehead atoms. The number of nitrogens with one attached hydrogen (secondary N) is 4. The van der Waals surface area contributed by atoms with Crippen molar-refractivity contribution in [2.24, 2.45) is 4.99 Å². The van der Waals surface area contributed by atoms with Crippen LogP contribution in [0.4, 0.5) is 11.4 Å². The Labute approximate surface area is 165 Å². The molecular formula is C20H22N6OS. The van der Waals surface area contributed by atoms with Crippen LogP contribution in [0.2, 0.25) is 0 Å². The summed E-state index contributed by atoms with van der Waals surface area (Å²) in [4.78, 5) is 5.52. The van der Waals surface area contributed by atoms with E-state index in [2.05, 4.69) is 26.1 Å². The van der Waals surface area contributed by atoms with Gasteiger partial charge in [0.1, 0.15) is 0 Å². The highest BCUT2D eigenvalue weighted by molar-refractivity contribution is 7.84. The zero-order valence-electron chi connectivity index (χ0n) is 15.9. The van der Waals surface area contributed by atoms with Gasteiger partial charge in [-0.1, -0.05) is 6.07 Å². The average Bonchev–Trinajstić information content (AvgIpc) is 3.02. The number of aromatic amines is 1. The fourth-order valence-electron chi connectivity index (χ4n) is 3.12. The molecule has 2 aromatic carbocycles. The van der Waals surface area contributed by atoms with Crippen molar-refractivity contribution >= 4 is 39.0 Å². The fourth-order valence-corrected chi connectivity index (χ4v) is 3.69. The Kier molecular flexibility index (Phi) is 4.64. The average molecular weight is 395 g/mol. The van der Waals surface area contributed by atoms with Gasteiger partial charge in [0.25, 0.3) is 0 Å².